The summed E-state index contributed by atoms with van der Waals surface area (Å²) in [5.41, 5.74) is 0.824. The Bertz CT molecular complexity index is 527. The van der Waals surface area contributed by atoms with Crippen molar-refractivity contribution >= 4 is 0 Å². The van der Waals surface area contributed by atoms with Crippen molar-refractivity contribution in [1.82, 2.24) is 0 Å². The topological polar surface area (TPSA) is 9.23 Å². The average molecular weight is 244 g/mol. The molecule has 0 amide bonds. The highest BCUT2D eigenvalue weighted by molar-refractivity contribution is 5.37. The van der Waals surface area contributed by atoms with Crippen molar-refractivity contribution in [2.45, 2.75) is 26.2 Å². The molecule has 0 aliphatic rings. The Morgan fingerprint density at radius 2 is 1.56 bits per heavy atom. The maximum atomic E-state index is 13.6. The van der Waals surface area contributed by atoms with Gasteiger partial charge in [-0.3, -0.25) is 0 Å². The fraction of sp³-hybridized carbons (Fsp3) is 0.250. The number of benzene rings is 2. The molecule has 18 heavy (non-hydrogen) atoms. The summed E-state index contributed by atoms with van der Waals surface area (Å²) in [5, 5.41) is 0. The van der Waals surface area contributed by atoms with Crippen LogP contribution in [0.3, 0.4) is 0 Å². The molecule has 0 fully saturated rings. The summed E-state index contributed by atoms with van der Waals surface area (Å²) in [6, 6.07) is 14.2. The van der Waals surface area contributed by atoms with Crippen LogP contribution in [0.5, 0.6) is 11.5 Å². The van der Waals surface area contributed by atoms with Gasteiger partial charge in [0, 0.05) is 6.07 Å². The van der Waals surface area contributed by atoms with E-state index in [0.29, 0.717) is 11.5 Å². The Labute approximate surface area is 107 Å². The van der Waals surface area contributed by atoms with Gasteiger partial charge in [-0.2, -0.15) is 0 Å². The number of hydrogen-bond donors (Lipinski definition) is 0. The number of rotatable bonds is 2. The Morgan fingerprint density at radius 1 is 0.889 bits per heavy atom. The van der Waals surface area contributed by atoms with Gasteiger partial charge in [-0.1, -0.05) is 39.0 Å². The van der Waals surface area contributed by atoms with E-state index in [1.54, 1.807) is 6.07 Å². The summed E-state index contributed by atoms with van der Waals surface area (Å²) in [6.07, 6.45) is 0. The molecule has 0 saturated heterocycles. The molecular formula is C16H17FO. The van der Waals surface area contributed by atoms with E-state index in [0.717, 1.165) is 5.56 Å². The fourth-order valence-electron chi connectivity index (χ4n) is 1.68. The van der Waals surface area contributed by atoms with Gasteiger partial charge < -0.3 is 4.74 Å². The van der Waals surface area contributed by atoms with Crippen molar-refractivity contribution in [3.05, 3.63) is 59.9 Å². The highest BCUT2D eigenvalue weighted by atomic mass is 19.1. The molecule has 0 radical (unpaired) electrons. The number of hydrogen-bond acceptors (Lipinski definition) is 1. The van der Waals surface area contributed by atoms with Crippen LogP contribution in [0, 0.1) is 5.82 Å². The minimum Gasteiger partial charge on any atom is -0.457 e. The van der Waals surface area contributed by atoms with E-state index in [9.17, 15) is 4.39 Å². The van der Waals surface area contributed by atoms with Gasteiger partial charge in [0.2, 0.25) is 0 Å². The minimum atomic E-state index is -0.270. The molecular weight excluding hydrogens is 227 g/mol. The maximum absolute atomic E-state index is 13.6. The van der Waals surface area contributed by atoms with Gasteiger partial charge in [0.05, 0.1) is 0 Å². The largest absolute Gasteiger partial charge is 0.457 e. The van der Waals surface area contributed by atoms with Gasteiger partial charge in [-0.15, -0.1) is 0 Å². The van der Waals surface area contributed by atoms with Crippen LogP contribution in [0.25, 0.3) is 0 Å². The van der Waals surface area contributed by atoms with Crippen LogP contribution in [-0.2, 0) is 5.41 Å². The van der Waals surface area contributed by atoms with Crippen LogP contribution in [0.1, 0.15) is 26.3 Å². The lowest BCUT2D eigenvalue weighted by molar-refractivity contribution is 0.471. The van der Waals surface area contributed by atoms with Crippen molar-refractivity contribution in [3.8, 4) is 11.5 Å². The highest BCUT2D eigenvalue weighted by Gasteiger charge is 2.16. The summed E-state index contributed by atoms with van der Waals surface area (Å²) in [4.78, 5) is 0. The zero-order chi connectivity index (χ0) is 13.2. The first-order chi connectivity index (χ1) is 8.45. The van der Waals surface area contributed by atoms with E-state index >= 15 is 0 Å². The van der Waals surface area contributed by atoms with Crippen LogP contribution in [0.2, 0.25) is 0 Å². The molecule has 0 aromatic heterocycles. The summed E-state index contributed by atoms with van der Waals surface area (Å²) in [5.74, 6) is 0.974. The van der Waals surface area contributed by atoms with Crippen LogP contribution >= 0.6 is 0 Å². The van der Waals surface area contributed by atoms with Crippen molar-refractivity contribution in [2.75, 3.05) is 0 Å². The fourth-order valence-corrected chi connectivity index (χ4v) is 1.68. The molecule has 1 nitrogen and oxygen atoms in total. The Hall–Kier alpha value is -1.83. The number of ether oxygens (including phenoxy) is 1. The third kappa shape index (κ3) is 3.10. The Kier molecular flexibility index (Phi) is 3.37. The van der Waals surface area contributed by atoms with Gasteiger partial charge in [0.1, 0.15) is 17.3 Å². The second-order valence-electron chi connectivity index (χ2n) is 5.34. The summed E-state index contributed by atoms with van der Waals surface area (Å²) in [6.45, 7) is 6.15. The smallest absolute Gasteiger partial charge is 0.130 e. The molecule has 0 unspecified atom stereocenters. The third-order valence-corrected chi connectivity index (χ3v) is 2.72. The highest BCUT2D eigenvalue weighted by Crippen LogP contribution is 2.29. The van der Waals surface area contributed by atoms with E-state index in [-0.39, 0.29) is 11.2 Å². The minimum absolute atomic E-state index is 0.100. The zero-order valence-corrected chi connectivity index (χ0v) is 10.9. The first-order valence-corrected chi connectivity index (χ1v) is 5.99. The average Bonchev–Trinajstić information content (AvgIpc) is 2.28. The zero-order valence-electron chi connectivity index (χ0n) is 10.9. The first kappa shape index (κ1) is 12.6. The molecule has 0 aliphatic carbocycles. The van der Waals surface area contributed by atoms with E-state index in [4.69, 9.17) is 4.74 Å². The number of halogens is 1. The van der Waals surface area contributed by atoms with E-state index in [1.807, 2.05) is 57.2 Å². The van der Waals surface area contributed by atoms with Crippen molar-refractivity contribution in [1.29, 1.82) is 0 Å². The van der Waals surface area contributed by atoms with Crippen LogP contribution in [0.4, 0.5) is 4.39 Å². The molecule has 2 aromatic carbocycles. The van der Waals surface area contributed by atoms with Gasteiger partial charge in [0.15, 0.2) is 0 Å². The Balaban J connectivity index is 2.32. The summed E-state index contributed by atoms with van der Waals surface area (Å²) in [7, 11) is 0. The molecule has 2 heteroatoms. The standard InChI is InChI=1S/C16H17FO/c1-16(2,3)12-9-13(17)11-15(10-12)18-14-7-5-4-6-8-14/h4-11H,1-3H3. The Morgan fingerprint density at radius 3 is 2.17 bits per heavy atom. The van der Waals surface area contributed by atoms with Crippen molar-refractivity contribution in [2.24, 2.45) is 0 Å². The molecule has 0 atom stereocenters. The molecule has 0 saturated carbocycles. The normalized spacial score (nSPS) is 11.3. The molecule has 0 heterocycles. The lowest BCUT2D eigenvalue weighted by atomic mass is 9.87. The quantitative estimate of drug-likeness (QED) is 0.729. The second-order valence-corrected chi connectivity index (χ2v) is 5.34. The van der Waals surface area contributed by atoms with Crippen molar-refractivity contribution in [3.63, 3.8) is 0 Å². The lowest BCUT2D eigenvalue weighted by Crippen LogP contribution is -2.11. The van der Waals surface area contributed by atoms with Crippen LogP contribution in [-0.4, -0.2) is 0 Å². The van der Waals surface area contributed by atoms with Crippen molar-refractivity contribution < 1.29 is 9.13 Å². The molecule has 2 rings (SSSR count). The van der Waals surface area contributed by atoms with Gasteiger partial charge in [0.25, 0.3) is 0 Å². The van der Waals surface area contributed by atoms with Crippen LogP contribution < -0.4 is 4.74 Å². The monoisotopic (exact) mass is 244 g/mol. The first-order valence-electron chi connectivity index (χ1n) is 5.99. The van der Waals surface area contributed by atoms with Crippen LogP contribution in [0.15, 0.2) is 48.5 Å². The predicted octanol–water partition coefficient (Wildman–Crippen LogP) is 4.92. The summed E-state index contributed by atoms with van der Waals surface area (Å²) >= 11 is 0. The lowest BCUT2D eigenvalue weighted by Gasteiger charge is -2.20. The molecule has 0 spiro atoms. The second kappa shape index (κ2) is 4.81. The predicted molar refractivity (Wildman–Crippen MR) is 71.6 cm³/mol. The van der Waals surface area contributed by atoms with E-state index in [1.165, 1.54) is 6.07 Å². The van der Waals surface area contributed by atoms with Gasteiger partial charge in [-0.05, 0) is 35.2 Å². The third-order valence-electron chi connectivity index (χ3n) is 2.72. The molecule has 0 aliphatic heterocycles. The maximum Gasteiger partial charge on any atom is 0.130 e. The summed E-state index contributed by atoms with van der Waals surface area (Å²) < 4.78 is 19.2. The van der Waals surface area contributed by atoms with E-state index < -0.39 is 0 Å². The van der Waals surface area contributed by atoms with Gasteiger partial charge >= 0.3 is 0 Å². The SMILES string of the molecule is CC(C)(C)c1cc(F)cc(Oc2ccccc2)c1. The molecule has 0 bridgehead atoms. The van der Waals surface area contributed by atoms with E-state index in [2.05, 4.69) is 0 Å². The number of para-hydroxylation sites is 1. The molecule has 0 N–H and O–H groups in total. The van der Waals surface area contributed by atoms with Gasteiger partial charge in [-0.25, -0.2) is 4.39 Å². The molecule has 94 valence electrons. The molecule has 2 aromatic rings.